The van der Waals surface area contributed by atoms with E-state index in [9.17, 15) is 0 Å². The maximum absolute atomic E-state index is 4.82. The SMILES string of the molecule is O.[CH-]1CCCO1.[K+]. The minimum absolute atomic E-state index is 0. The quantitative estimate of drug-likeness (QED) is 0.255. The van der Waals surface area contributed by atoms with Gasteiger partial charge in [0.1, 0.15) is 0 Å². The Hall–Kier alpha value is 1.56. The van der Waals surface area contributed by atoms with Gasteiger partial charge in [0.15, 0.2) is 0 Å². The Morgan fingerprint density at radius 1 is 1.43 bits per heavy atom. The van der Waals surface area contributed by atoms with Crippen LogP contribution in [0.5, 0.6) is 0 Å². The van der Waals surface area contributed by atoms with Gasteiger partial charge in [-0.15, -0.1) is 0 Å². The third-order valence-electron chi connectivity index (χ3n) is 0.702. The molecule has 1 rings (SSSR count). The van der Waals surface area contributed by atoms with Gasteiger partial charge >= 0.3 is 51.4 Å². The third-order valence-corrected chi connectivity index (χ3v) is 0.702. The van der Waals surface area contributed by atoms with Crippen molar-refractivity contribution in [2.45, 2.75) is 12.8 Å². The number of ether oxygens (including phenoxy) is 1. The number of rotatable bonds is 0. The zero-order valence-corrected chi connectivity index (χ0v) is 7.73. The molecule has 0 spiro atoms. The van der Waals surface area contributed by atoms with Crippen LogP contribution in [0.1, 0.15) is 12.8 Å². The van der Waals surface area contributed by atoms with Gasteiger partial charge in [-0.25, -0.2) is 6.61 Å². The molecule has 1 heterocycles. The van der Waals surface area contributed by atoms with Crippen molar-refractivity contribution >= 4 is 0 Å². The summed E-state index contributed by atoms with van der Waals surface area (Å²) in [7, 11) is 0. The Morgan fingerprint density at radius 3 is 2.29 bits per heavy atom. The van der Waals surface area contributed by atoms with E-state index >= 15 is 0 Å². The minimum Gasteiger partial charge on any atom is -0.552 e. The van der Waals surface area contributed by atoms with Crippen molar-refractivity contribution in [3.05, 3.63) is 6.61 Å². The van der Waals surface area contributed by atoms with Crippen molar-refractivity contribution < 1.29 is 61.6 Å². The summed E-state index contributed by atoms with van der Waals surface area (Å²) in [5.41, 5.74) is 0. The molecule has 0 aromatic heterocycles. The van der Waals surface area contributed by atoms with Gasteiger partial charge in [-0.3, -0.25) is 0 Å². The number of hydrogen-bond donors (Lipinski definition) is 0. The van der Waals surface area contributed by atoms with Crippen molar-refractivity contribution in [2.75, 3.05) is 6.61 Å². The third kappa shape index (κ3) is 5.43. The molecule has 1 aliphatic heterocycles. The second kappa shape index (κ2) is 7.56. The zero-order valence-electron chi connectivity index (χ0n) is 4.61. The van der Waals surface area contributed by atoms with Crippen LogP contribution in [-0.4, -0.2) is 12.1 Å². The fourth-order valence-electron chi connectivity index (χ4n) is 0.417. The first kappa shape index (κ1) is 11.4. The van der Waals surface area contributed by atoms with E-state index in [1.807, 2.05) is 6.61 Å². The molecule has 1 saturated heterocycles. The van der Waals surface area contributed by atoms with Crippen molar-refractivity contribution in [2.24, 2.45) is 0 Å². The molecular formula is C4H9KO2. The summed E-state index contributed by atoms with van der Waals surface area (Å²) in [5, 5.41) is 0. The Balaban J connectivity index is 0. The van der Waals surface area contributed by atoms with Gasteiger partial charge in [0, 0.05) is 6.61 Å². The van der Waals surface area contributed by atoms with Crippen LogP contribution >= 0.6 is 0 Å². The molecule has 0 bridgehead atoms. The second-order valence-electron chi connectivity index (χ2n) is 1.18. The summed E-state index contributed by atoms with van der Waals surface area (Å²) < 4.78 is 4.82. The topological polar surface area (TPSA) is 40.7 Å². The molecule has 0 aromatic rings. The minimum atomic E-state index is 0. The molecule has 0 amide bonds. The molecule has 38 valence electrons. The van der Waals surface area contributed by atoms with Crippen LogP contribution in [0.25, 0.3) is 0 Å². The van der Waals surface area contributed by atoms with Gasteiger partial charge in [-0.05, 0) is 0 Å². The summed E-state index contributed by atoms with van der Waals surface area (Å²) in [6.45, 7) is 2.81. The molecule has 0 saturated carbocycles. The van der Waals surface area contributed by atoms with Gasteiger partial charge < -0.3 is 10.2 Å². The Kier molecular flexibility index (Phi) is 12.3. The average molecular weight is 128 g/mol. The second-order valence-corrected chi connectivity index (χ2v) is 1.18. The van der Waals surface area contributed by atoms with E-state index in [1.165, 1.54) is 6.42 Å². The van der Waals surface area contributed by atoms with Gasteiger partial charge in [-0.2, -0.15) is 6.42 Å². The molecule has 1 aliphatic rings. The fraction of sp³-hybridized carbons (Fsp3) is 0.750. The van der Waals surface area contributed by atoms with Crippen LogP contribution in [0.3, 0.4) is 0 Å². The Morgan fingerprint density at radius 2 is 2.14 bits per heavy atom. The summed E-state index contributed by atoms with van der Waals surface area (Å²) in [4.78, 5) is 0. The van der Waals surface area contributed by atoms with Crippen molar-refractivity contribution in [3.8, 4) is 0 Å². The fourth-order valence-corrected chi connectivity index (χ4v) is 0.417. The standard InChI is InChI=1S/C4H7O.K.H2O/c1-2-4-5-3-1;;/h3H,1-2,4H2;;1H2/q-1;+1;. The molecule has 3 heteroatoms. The maximum atomic E-state index is 4.82. The Labute approximate surface area is 86.3 Å². The van der Waals surface area contributed by atoms with Gasteiger partial charge in [0.05, 0.1) is 0 Å². The first-order valence-electron chi connectivity index (χ1n) is 1.93. The molecule has 7 heavy (non-hydrogen) atoms. The summed E-state index contributed by atoms with van der Waals surface area (Å²) in [6.07, 6.45) is 2.38. The van der Waals surface area contributed by atoms with Crippen LogP contribution in [0.15, 0.2) is 0 Å². The van der Waals surface area contributed by atoms with E-state index in [4.69, 9.17) is 4.74 Å². The van der Waals surface area contributed by atoms with E-state index < -0.39 is 0 Å². The summed E-state index contributed by atoms with van der Waals surface area (Å²) >= 11 is 0. The van der Waals surface area contributed by atoms with Crippen molar-refractivity contribution in [1.29, 1.82) is 0 Å². The monoisotopic (exact) mass is 128 g/mol. The molecular weight excluding hydrogens is 119 g/mol. The van der Waals surface area contributed by atoms with E-state index in [0.717, 1.165) is 13.0 Å². The normalized spacial score (nSPS) is 17.1. The van der Waals surface area contributed by atoms with Crippen molar-refractivity contribution in [3.63, 3.8) is 0 Å². The summed E-state index contributed by atoms with van der Waals surface area (Å²) in [6, 6.07) is 0. The molecule has 0 aromatic carbocycles. The molecule has 0 atom stereocenters. The van der Waals surface area contributed by atoms with Crippen LogP contribution in [-0.2, 0) is 4.74 Å². The smallest absolute Gasteiger partial charge is 0.552 e. The van der Waals surface area contributed by atoms with E-state index in [-0.39, 0.29) is 56.9 Å². The largest absolute Gasteiger partial charge is 1.00 e. The molecule has 0 aliphatic carbocycles. The maximum Gasteiger partial charge on any atom is 1.00 e. The van der Waals surface area contributed by atoms with E-state index in [1.54, 1.807) is 0 Å². The van der Waals surface area contributed by atoms with Gasteiger partial charge in [0.25, 0.3) is 0 Å². The first-order valence-corrected chi connectivity index (χ1v) is 1.93. The van der Waals surface area contributed by atoms with E-state index in [2.05, 4.69) is 0 Å². The predicted molar refractivity (Wildman–Crippen MR) is 23.1 cm³/mol. The van der Waals surface area contributed by atoms with Gasteiger partial charge in [0.2, 0.25) is 0 Å². The Bertz CT molecular complexity index is 21.3. The molecule has 0 radical (unpaired) electrons. The molecule has 0 unspecified atom stereocenters. The van der Waals surface area contributed by atoms with Crippen molar-refractivity contribution in [1.82, 2.24) is 0 Å². The summed E-state index contributed by atoms with van der Waals surface area (Å²) in [5.74, 6) is 0. The first-order chi connectivity index (χ1) is 2.50. The van der Waals surface area contributed by atoms with Gasteiger partial charge in [-0.1, -0.05) is 6.42 Å². The van der Waals surface area contributed by atoms with Crippen LogP contribution in [0, 0.1) is 6.61 Å². The van der Waals surface area contributed by atoms with Crippen LogP contribution in [0.2, 0.25) is 0 Å². The van der Waals surface area contributed by atoms with Crippen LogP contribution < -0.4 is 51.4 Å². The molecule has 2 nitrogen and oxygen atoms in total. The molecule has 2 N–H and O–H groups in total. The van der Waals surface area contributed by atoms with E-state index in [0.29, 0.717) is 0 Å². The van der Waals surface area contributed by atoms with Crippen LogP contribution in [0.4, 0.5) is 0 Å². The average Bonchev–Trinajstić information content (AvgIpc) is 1.76. The predicted octanol–water partition coefficient (Wildman–Crippen LogP) is -2.86. The zero-order chi connectivity index (χ0) is 3.54. The number of hydrogen-bond acceptors (Lipinski definition) is 1. The molecule has 1 fully saturated rings.